The van der Waals surface area contributed by atoms with Crippen LogP contribution < -0.4 is 10.6 Å². The van der Waals surface area contributed by atoms with Crippen LogP contribution in [-0.2, 0) is 4.79 Å². The van der Waals surface area contributed by atoms with Crippen LogP contribution in [0.4, 0.5) is 0 Å². The SMILES string of the molecule is CC(CC1CC1)NC(=O)C1(C)CCNC1. The molecule has 3 heteroatoms. The van der Waals surface area contributed by atoms with E-state index in [1.54, 1.807) is 0 Å². The molecule has 0 aromatic heterocycles. The van der Waals surface area contributed by atoms with Crippen molar-refractivity contribution in [2.45, 2.75) is 45.6 Å². The first kappa shape index (κ1) is 10.9. The van der Waals surface area contributed by atoms with Crippen molar-refractivity contribution in [2.24, 2.45) is 11.3 Å². The van der Waals surface area contributed by atoms with Crippen molar-refractivity contribution in [3.63, 3.8) is 0 Å². The Bertz CT molecular complexity index is 242. The summed E-state index contributed by atoms with van der Waals surface area (Å²) >= 11 is 0. The third-order valence-corrected chi connectivity index (χ3v) is 3.68. The van der Waals surface area contributed by atoms with E-state index in [0.717, 1.165) is 31.8 Å². The first-order valence-corrected chi connectivity index (χ1v) is 6.12. The fourth-order valence-electron chi connectivity index (χ4n) is 2.32. The lowest BCUT2D eigenvalue weighted by Gasteiger charge is -2.24. The van der Waals surface area contributed by atoms with E-state index >= 15 is 0 Å². The number of hydrogen-bond donors (Lipinski definition) is 2. The van der Waals surface area contributed by atoms with Gasteiger partial charge in [-0.25, -0.2) is 0 Å². The number of rotatable bonds is 4. The summed E-state index contributed by atoms with van der Waals surface area (Å²) in [5.41, 5.74) is -0.169. The average Bonchev–Trinajstić information content (AvgIpc) is 2.86. The van der Waals surface area contributed by atoms with Crippen LogP contribution in [0, 0.1) is 11.3 Å². The van der Waals surface area contributed by atoms with E-state index in [9.17, 15) is 4.79 Å². The monoisotopic (exact) mass is 210 g/mol. The van der Waals surface area contributed by atoms with Gasteiger partial charge in [0.1, 0.15) is 0 Å². The largest absolute Gasteiger partial charge is 0.353 e. The maximum atomic E-state index is 12.0. The number of hydrogen-bond acceptors (Lipinski definition) is 2. The van der Waals surface area contributed by atoms with E-state index < -0.39 is 0 Å². The number of carbonyl (C=O) groups is 1. The lowest BCUT2D eigenvalue weighted by atomic mass is 9.88. The molecule has 1 heterocycles. The van der Waals surface area contributed by atoms with E-state index in [0.29, 0.717) is 6.04 Å². The molecule has 1 aliphatic carbocycles. The first-order valence-electron chi connectivity index (χ1n) is 6.12. The molecule has 2 atom stereocenters. The van der Waals surface area contributed by atoms with E-state index in [4.69, 9.17) is 0 Å². The van der Waals surface area contributed by atoms with Gasteiger partial charge in [-0.15, -0.1) is 0 Å². The van der Waals surface area contributed by atoms with Crippen LogP contribution in [0.5, 0.6) is 0 Å². The normalized spacial score (nSPS) is 32.7. The molecule has 0 bridgehead atoms. The molecule has 86 valence electrons. The van der Waals surface area contributed by atoms with Crippen LogP contribution in [0.2, 0.25) is 0 Å². The molecule has 1 saturated carbocycles. The maximum absolute atomic E-state index is 12.0. The van der Waals surface area contributed by atoms with Crippen molar-refractivity contribution < 1.29 is 4.79 Å². The fourth-order valence-corrected chi connectivity index (χ4v) is 2.32. The molecule has 0 radical (unpaired) electrons. The van der Waals surface area contributed by atoms with Crippen LogP contribution >= 0.6 is 0 Å². The average molecular weight is 210 g/mol. The molecule has 2 rings (SSSR count). The van der Waals surface area contributed by atoms with Crippen molar-refractivity contribution in [3.05, 3.63) is 0 Å². The van der Waals surface area contributed by atoms with Crippen LogP contribution in [-0.4, -0.2) is 25.0 Å². The standard InChI is InChI=1S/C12H22N2O/c1-9(7-10-3-4-10)14-11(15)12(2)5-6-13-8-12/h9-10,13H,3-8H2,1-2H3,(H,14,15). The fraction of sp³-hybridized carbons (Fsp3) is 0.917. The van der Waals surface area contributed by atoms with Crippen LogP contribution in [0.25, 0.3) is 0 Å². The molecule has 3 nitrogen and oxygen atoms in total. The summed E-state index contributed by atoms with van der Waals surface area (Å²) in [5.74, 6) is 1.12. The second kappa shape index (κ2) is 4.12. The minimum Gasteiger partial charge on any atom is -0.353 e. The lowest BCUT2D eigenvalue weighted by molar-refractivity contribution is -0.129. The second-order valence-electron chi connectivity index (χ2n) is 5.54. The summed E-state index contributed by atoms with van der Waals surface area (Å²) < 4.78 is 0. The third-order valence-electron chi connectivity index (χ3n) is 3.68. The van der Waals surface area contributed by atoms with Gasteiger partial charge in [0.2, 0.25) is 5.91 Å². The van der Waals surface area contributed by atoms with Crippen molar-refractivity contribution >= 4 is 5.91 Å². The van der Waals surface area contributed by atoms with E-state index in [1.165, 1.54) is 12.8 Å². The van der Waals surface area contributed by atoms with Gasteiger partial charge >= 0.3 is 0 Å². The number of nitrogens with one attached hydrogen (secondary N) is 2. The molecule has 0 spiro atoms. The Morgan fingerprint density at radius 2 is 2.33 bits per heavy atom. The van der Waals surface area contributed by atoms with Crippen LogP contribution in [0.1, 0.15) is 39.5 Å². The second-order valence-corrected chi connectivity index (χ2v) is 5.54. The molecule has 2 unspecified atom stereocenters. The summed E-state index contributed by atoms with van der Waals surface area (Å²) in [6, 6.07) is 0.349. The Morgan fingerprint density at radius 3 is 2.87 bits per heavy atom. The Kier molecular flexibility index (Phi) is 3.01. The van der Waals surface area contributed by atoms with Gasteiger partial charge in [0.25, 0.3) is 0 Å². The predicted molar refractivity (Wildman–Crippen MR) is 60.5 cm³/mol. The Hall–Kier alpha value is -0.570. The lowest BCUT2D eigenvalue weighted by Crippen LogP contribution is -2.44. The van der Waals surface area contributed by atoms with Crippen molar-refractivity contribution in [2.75, 3.05) is 13.1 Å². The highest BCUT2D eigenvalue weighted by Gasteiger charge is 2.37. The molecule has 2 aliphatic rings. The molecule has 1 amide bonds. The maximum Gasteiger partial charge on any atom is 0.227 e. The Labute approximate surface area is 92.0 Å². The molecule has 1 saturated heterocycles. The van der Waals surface area contributed by atoms with Crippen LogP contribution in [0.15, 0.2) is 0 Å². The Morgan fingerprint density at radius 1 is 1.60 bits per heavy atom. The molecule has 0 aromatic rings. The summed E-state index contributed by atoms with van der Waals surface area (Å²) in [5, 5.41) is 6.41. The van der Waals surface area contributed by atoms with Gasteiger partial charge < -0.3 is 10.6 Å². The highest BCUT2D eigenvalue weighted by Crippen LogP contribution is 2.33. The summed E-state index contributed by atoms with van der Waals surface area (Å²) in [7, 11) is 0. The highest BCUT2D eigenvalue weighted by molar-refractivity contribution is 5.83. The highest BCUT2D eigenvalue weighted by atomic mass is 16.2. The Balaban J connectivity index is 1.79. The minimum absolute atomic E-state index is 0.169. The molecular formula is C12H22N2O. The van der Waals surface area contributed by atoms with Gasteiger partial charge in [-0.3, -0.25) is 4.79 Å². The van der Waals surface area contributed by atoms with Gasteiger partial charge in [-0.2, -0.15) is 0 Å². The van der Waals surface area contributed by atoms with Gasteiger partial charge in [0.05, 0.1) is 5.41 Å². The zero-order valence-electron chi connectivity index (χ0n) is 9.81. The molecule has 0 aromatic carbocycles. The van der Waals surface area contributed by atoms with Gasteiger partial charge in [0, 0.05) is 12.6 Å². The minimum atomic E-state index is -0.169. The van der Waals surface area contributed by atoms with E-state index in [2.05, 4.69) is 24.5 Å². The molecule has 2 fully saturated rings. The third kappa shape index (κ3) is 2.71. The van der Waals surface area contributed by atoms with Crippen LogP contribution in [0.3, 0.4) is 0 Å². The van der Waals surface area contributed by atoms with Gasteiger partial charge in [-0.1, -0.05) is 12.8 Å². The smallest absolute Gasteiger partial charge is 0.227 e. The summed E-state index contributed by atoms with van der Waals surface area (Å²) in [6.45, 7) is 5.99. The van der Waals surface area contributed by atoms with Crippen molar-refractivity contribution in [3.8, 4) is 0 Å². The van der Waals surface area contributed by atoms with E-state index in [-0.39, 0.29) is 11.3 Å². The summed E-state index contributed by atoms with van der Waals surface area (Å²) in [6.07, 6.45) is 4.85. The predicted octanol–water partition coefficient (Wildman–Crippen LogP) is 1.29. The zero-order chi connectivity index (χ0) is 10.9. The summed E-state index contributed by atoms with van der Waals surface area (Å²) in [4.78, 5) is 12.0. The molecule has 1 aliphatic heterocycles. The van der Waals surface area contributed by atoms with E-state index in [1.807, 2.05) is 0 Å². The van der Waals surface area contributed by atoms with Crippen molar-refractivity contribution in [1.29, 1.82) is 0 Å². The first-order chi connectivity index (χ1) is 7.10. The van der Waals surface area contributed by atoms with Crippen molar-refractivity contribution in [1.82, 2.24) is 10.6 Å². The topological polar surface area (TPSA) is 41.1 Å². The van der Waals surface area contributed by atoms with Gasteiger partial charge in [0.15, 0.2) is 0 Å². The number of carbonyl (C=O) groups excluding carboxylic acids is 1. The molecule has 2 N–H and O–H groups in total. The van der Waals surface area contributed by atoms with Gasteiger partial charge in [-0.05, 0) is 39.2 Å². The molecule has 15 heavy (non-hydrogen) atoms. The zero-order valence-corrected chi connectivity index (χ0v) is 9.81. The molecular weight excluding hydrogens is 188 g/mol. The quantitative estimate of drug-likeness (QED) is 0.734. The number of amides is 1.